The van der Waals surface area contributed by atoms with Crippen molar-refractivity contribution in [2.75, 3.05) is 13.6 Å². The molecule has 0 aliphatic carbocycles. The Kier molecular flexibility index (Phi) is 4.25. The highest BCUT2D eigenvalue weighted by molar-refractivity contribution is 5.59. The third kappa shape index (κ3) is 4.98. The van der Waals surface area contributed by atoms with Gasteiger partial charge < -0.3 is 4.99 Å². The predicted molar refractivity (Wildman–Crippen MR) is 28.4 cm³/mol. The Morgan fingerprint density at radius 2 is 2.57 bits per heavy atom. The van der Waals surface area contributed by atoms with Crippen LogP contribution in [-0.2, 0) is 0 Å². The van der Waals surface area contributed by atoms with Gasteiger partial charge >= 0.3 is 0 Å². The minimum Gasteiger partial charge on any atom is -0.301 e. The molecule has 0 radical (unpaired) electrons. The van der Waals surface area contributed by atoms with Gasteiger partial charge in [0.05, 0.1) is 6.54 Å². The summed E-state index contributed by atoms with van der Waals surface area (Å²) in [4.78, 5) is 6.09. The first kappa shape index (κ1) is 5.98. The fourth-order valence-electron chi connectivity index (χ4n) is 0.155. The van der Waals surface area contributed by atoms with Crippen LogP contribution in [0.3, 0.4) is 0 Å². The Hall–Kier alpha value is -1.02. The maximum atomic E-state index is 7.69. The van der Waals surface area contributed by atoms with E-state index in [1.54, 1.807) is 13.3 Å². The molecule has 0 bridgehead atoms. The molecule has 0 aliphatic rings. The fourth-order valence-corrected chi connectivity index (χ4v) is 0.155. The Bertz CT molecular complexity index is 99.5. The van der Waals surface area contributed by atoms with E-state index in [0.29, 0.717) is 6.54 Å². The minimum atomic E-state index is 0.354. The van der Waals surface area contributed by atoms with E-state index in [4.69, 9.17) is 5.53 Å². The number of nitrogens with zero attached hydrogens (tertiary/aromatic N) is 4. The highest BCUT2D eigenvalue weighted by atomic mass is 15.1. The van der Waals surface area contributed by atoms with Crippen molar-refractivity contribution < 1.29 is 0 Å². The third-order valence-electron chi connectivity index (χ3n) is 0.409. The number of azide groups is 1. The normalized spacial score (nSPS) is 8.71. The second-order valence-electron chi connectivity index (χ2n) is 0.854. The summed E-state index contributed by atoms with van der Waals surface area (Å²) in [5.74, 6) is 0. The second kappa shape index (κ2) is 4.98. The molecule has 0 saturated heterocycles. The summed E-state index contributed by atoms with van der Waals surface area (Å²) in [7, 11) is 1.63. The van der Waals surface area contributed by atoms with Crippen LogP contribution in [0.5, 0.6) is 0 Å². The molecule has 0 amide bonds. The zero-order chi connectivity index (χ0) is 5.54. The maximum Gasteiger partial charge on any atom is 0.0610 e. The summed E-state index contributed by atoms with van der Waals surface area (Å²) in [5, 5.41) is 3.19. The zero-order valence-electron chi connectivity index (χ0n) is 4.07. The Balaban J connectivity index is 3.15. The molecule has 0 aliphatic heterocycles. The van der Waals surface area contributed by atoms with E-state index in [9.17, 15) is 0 Å². The summed E-state index contributed by atoms with van der Waals surface area (Å²) < 4.78 is 0. The Labute approximate surface area is 41.5 Å². The van der Waals surface area contributed by atoms with Crippen LogP contribution in [0.1, 0.15) is 0 Å². The first-order valence-corrected chi connectivity index (χ1v) is 1.83. The van der Waals surface area contributed by atoms with Gasteiger partial charge in [0.25, 0.3) is 0 Å². The summed E-state index contributed by atoms with van der Waals surface area (Å²) in [6.07, 6.45) is 1.54. The van der Waals surface area contributed by atoms with Crippen LogP contribution < -0.4 is 0 Å². The van der Waals surface area contributed by atoms with Gasteiger partial charge in [-0.25, -0.2) is 0 Å². The molecule has 4 heteroatoms. The predicted octanol–water partition coefficient (Wildman–Crippen LogP) is 0.997. The molecule has 0 unspecified atom stereocenters. The van der Waals surface area contributed by atoms with Gasteiger partial charge in [0.2, 0.25) is 0 Å². The minimum absolute atomic E-state index is 0.354. The molecule has 0 N–H and O–H groups in total. The van der Waals surface area contributed by atoms with Crippen molar-refractivity contribution in [3.8, 4) is 0 Å². The van der Waals surface area contributed by atoms with Crippen molar-refractivity contribution >= 4 is 6.21 Å². The highest BCUT2D eigenvalue weighted by Crippen LogP contribution is 1.63. The molecule has 0 spiro atoms. The molecule has 0 heterocycles. The van der Waals surface area contributed by atoms with E-state index < -0.39 is 0 Å². The quantitative estimate of drug-likeness (QED) is 0.214. The van der Waals surface area contributed by atoms with Gasteiger partial charge in [0, 0.05) is 18.2 Å². The van der Waals surface area contributed by atoms with Crippen molar-refractivity contribution in [3.05, 3.63) is 10.4 Å². The average molecular weight is 98.1 g/mol. The molecule has 0 aromatic carbocycles. The lowest BCUT2D eigenvalue weighted by atomic mass is 10.7. The molecule has 4 nitrogen and oxygen atoms in total. The fraction of sp³-hybridized carbons (Fsp3) is 0.667. The van der Waals surface area contributed by atoms with E-state index in [0.717, 1.165) is 0 Å². The summed E-state index contributed by atoms with van der Waals surface area (Å²) in [6.45, 7) is 0.354. The van der Waals surface area contributed by atoms with Gasteiger partial charge in [-0.1, -0.05) is 5.11 Å². The topological polar surface area (TPSA) is 61.1 Å². The van der Waals surface area contributed by atoms with Gasteiger partial charge in [-0.3, -0.25) is 0 Å². The van der Waals surface area contributed by atoms with Crippen LogP contribution in [0.2, 0.25) is 0 Å². The summed E-state index contributed by atoms with van der Waals surface area (Å²) in [6, 6.07) is 0. The van der Waals surface area contributed by atoms with Crippen molar-refractivity contribution in [3.63, 3.8) is 0 Å². The number of hydrogen-bond acceptors (Lipinski definition) is 2. The monoisotopic (exact) mass is 98.1 g/mol. The molecular formula is C3H6N4. The standard InChI is InChI=1S/C3H6N4/c1-5-2-3-6-7-4/h2H,3H2,1H3. The van der Waals surface area contributed by atoms with E-state index >= 15 is 0 Å². The largest absolute Gasteiger partial charge is 0.301 e. The van der Waals surface area contributed by atoms with Gasteiger partial charge in [-0.05, 0) is 5.53 Å². The lowest BCUT2D eigenvalue weighted by molar-refractivity contribution is 1.27. The van der Waals surface area contributed by atoms with Crippen LogP contribution in [0, 0.1) is 0 Å². The molecule has 0 saturated carbocycles. The number of aliphatic imine (C=N–C) groups is 1. The molecular weight excluding hydrogens is 92.1 g/mol. The summed E-state index contributed by atoms with van der Waals surface area (Å²) in [5.41, 5.74) is 7.69. The number of hydrogen-bond donors (Lipinski definition) is 0. The highest BCUT2D eigenvalue weighted by Gasteiger charge is 1.63. The van der Waals surface area contributed by atoms with Crippen molar-refractivity contribution in [1.82, 2.24) is 0 Å². The first-order chi connectivity index (χ1) is 3.41. The SMILES string of the molecule is CN=CCN=[N+]=[N-]. The molecule has 7 heavy (non-hydrogen) atoms. The maximum absolute atomic E-state index is 7.69. The third-order valence-corrected chi connectivity index (χ3v) is 0.409. The second-order valence-corrected chi connectivity index (χ2v) is 0.854. The van der Waals surface area contributed by atoms with E-state index in [1.807, 2.05) is 0 Å². The van der Waals surface area contributed by atoms with E-state index in [-0.39, 0.29) is 0 Å². The van der Waals surface area contributed by atoms with Crippen LogP contribution in [0.15, 0.2) is 10.1 Å². The Morgan fingerprint density at radius 1 is 1.86 bits per heavy atom. The first-order valence-electron chi connectivity index (χ1n) is 1.83. The van der Waals surface area contributed by atoms with Gasteiger partial charge in [0.15, 0.2) is 0 Å². The Morgan fingerprint density at radius 3 is 3.00 bits per heavy atom. The molecule has 0 aromatic heterocycles. The van der Waals surface area contributed by atoms with Gasteiger partial charge in [-0.2, -0.15) is 0 Å². The van der Waals surface area contributed by atoms with Crippen molar-refractivity contribution in [2.24, 2.45) is 10.1 Å². The van der Waals surface area contributed by atoms with Crippen molar-refractivity contribution in [1.29, 1.82) is 0 Å². The van der Waals surface area contributed by atoms with E-state index in [1.165, 1.54) is 0 Å². The van der Waals surface area contributed by atoms with Crippen LogP contribution in [0.25, 0.3) is 10.4 Å². The lowest BCUT2D eigenvalue weighted by Crippen LogP contribution is -1.74. The molecule has 0 rings (SSSR count). The molecule has 0 atom stereocenters. The zero-order valence-corrected chi connectivity index (χ0v) is 4.07. The van der Waals surface area contributed by atoms with E-state index in [2.05, 4.69) is 15.0 Å². The van der Waals surface area contributed by atoms with Crippen LogP contribution >= 0.6 is 0 Å². The average Bonchev–Trinajstić information content (AvgIpc) is 1.69. The van der Waals surface area contributed by atoms with Gasteiger partial charge in [-0.15, -0.1) is 0 Å². The molecule has 0 aromatic rings. The van der Waals surface area contributed by atoms with Crippen LogP contribution in [-0.4, -0.2) is 19.8 Å². The summed E-state index contributed by atoms with van der Waals surface area (Å²) >= 11 is 0. The number of rotatable bonds is 2. The van der Waals surface area contributed by atoms with Gasteiger partial charge in [0.1, 0.15) is 0 Å². The van der Waals surface area contributed by atoms with Crippen LogP contribution in [0.4, 0.5) is 0 Å². The molecule has 0 fully saturated rings. The van der Waals surface area contributed by atoms with Crippen molar-refractivity contribution in [2.45, 2.75) is 0 Å². The molecule has 38 valence electrons. The smallest absolute Gasteiger partial charge is 0.0610 e. The lowest BCUT2D eigenvalue weighted by Gasteiger charge is -1.68.